The van der Waals surface area contributed by atoms with Crippen molar-refractivity contribution in [2.24, 2.45) is 0 Å². The SMILES string of the molecule is C[C@H]1Oc2ccccc2N(CC(=O)NCC(=O)Nc2ccccc2Br)C1=O. The Bertz CT molecular complexity index is 887. The van der Waals surface area contributed by atoms with E-state index in [1.165, 1.54) is 4.90 Å². The third kappa shape index (κ3) is 4.46. The van der Waals surface area contributed by atoms with E-state index >= 15 is 0 Å². The summed E-state index contributed by atoms with van der Waals surface area (Å²) in [6.45, 7) is 1.25. The Morgan fingerprint density at radius 2 is 1.81 bits per heavy atom. The Morgan fingerprint density at radius 3 is 2.59 bits per heavy atom. The molecule has 0 saturated carbocycles. The second-order valence-electron chi connectivity index (χ2n) is 5.96. The van der Waals surface area contributed by atoms with E-state index in [1.54, 1.807) is 49.4 Å². The quantitative estimate of drug-likeness (QED) is 0.760. The molecule has 2 aromatic carbocycles. The number of rotatable bonds is 5. The number of fused-ring (bicyclic) bond motifs is 1. The lowest BCUT2D eigenvalue weighted by atomic mass is 10.2. The largest absolute Gasteiger partial charge is 0.479 e. The number of nitrogens with zero attached hydrogens (tertiary/aromatic N) is 1. The third-order valence-electron chi connectivity index (χ3n) is 3.97. The maximum absolute atomic E-state index is 12.4. The second-order valence-corrected chi connectivity index (χ2v) is 6.81. The molecule has 1 heterocycles. The highest BCUT2D eigenvalue weighted by molar-refractivity contribution is 9.10. The van der Waals surface area contributed by atoms with Crippen LogP contribution in [0.5, 0.6) is 5.75 Å². The molecule has 0 aliphatic carbocycles. The highest BCUT2D eigenvalue weighted by atomic mass is 79.9. The number of para-hydroxylation sites is 3. The predicted molar refractivity (Wildman–Crippen MR) is 105 cm³/mol. The predicted octanol–water partition coefficient (Wildman–Crippen LogP) is 2.32. The van der Waals surface area contributed by atoms with E-state index in [2.05, 4.69) is 26.6 Å². The fraction of sp³-hybridized carbons (Fsp3) is 0.211. The first-order valence-corrected chi connectivity index (χ1v) is 9.13. The molecule has 0 saturated heterocycles. The maximum Gasteiger partial charge on any atom is 0.268 e. The van der Waals surface area contributed by atoms with Crippen molar-refractivity contribution in [1.29, 1.82) is 0 Å². The number of anilines is 2. The van der Waals surface area contributed by atoms with Crippen LogP contribution < -0.4 is 20.3 Å². The number of hydrogen-bond acceptors (Lipinski definition) is 4. The van der Waals surface area contributed by atoms with Gasteiger partial charge in [-0.2, -0.15) is 0 Å². The van der Waals surface area contributed by atoms with Gasteiger partial charge in [-0.3, -0.25) is 19.3 Å². The highest BCUT2D eigenvalue weighted by Crippen LogP contribution is 2.33. The van der Waals surface area contributed by atoms with Crippen LogP contribution in [0.1, 0.15) is 6.92 Å². The molecule has 1 aliphatic rings. The molecule has 1 atom stereocenters. The minimum atomic E-state index is -0.675. The molecule has 0 aromatic heterocycles. The molecule has 0 fully saturated rings. The molecular weight excluding hydrogens is 414 g/mol. The van der Waals surface area contributed by atoms with E-state index in [0.29, 0.717) is 17.1 Å². The highest BCUT2D eigenvalue weighted by Gasteiger charge is 2.32. The van der Waals surface area contributed by atoms with Crippen molar-refractivity contribution in [1.82, 2.24) is 5.32 Å². The smallest absolute Gasteiger partial charge is 0.268 e. The molecule has 7 nitrogen and oxygen atoms in total. The van der Waals surface area contributed by atoms with Crippen LogP contribution in [0.15, 0.2) is 53.0 Å². The first-order chi connectivity index (χ1) is 13.0. The summed E-state index contributed by atoms with van der Waals surface area (Å²) in [5, 5.41) is 5.23. The lowest BCUT2D eigenvalue weighted by Crippen LogP contribution is -2.49. The normalized spacial score (nSPS) is 15.6. The van der Waals surface area contributed by atoms with Crippen LogP contribution in [-0.2, 0) is 14.4 Å². The standard InChI is InChI=1S/C19H18BrN3O4/c1-12-19(26)23(15-8-4-5-9-16(15)27-12)11-18(25)21-10-17(24)22-14-7-3-2-6-13(14)20/h2-9,12H,10-11H2,1H3,(H,21,25)(H,22,24)/t12-/m1/s1. The van der Waals surface area contributed by atoms with E-state index in [4.69, 9.17) is 4.74 Å². The lowest BCUT2D eigenvalue weighted by molar-refractivity contribution is -0.128. The Labute approximate surface area is 164 Å². The Hall–Kier alpha value is -2.87. The molecule has 0 unspecified atom stereocenters. The van der Waals surface area contributed by atoms with Crippen LogP contribution in [0.3, 0.4) is 0 Å². The van der Waals surface area contributed by atoms with E-state index < -0.39 is 12.0 Å². The number of benzene rings is 2. The van der Waals surface area contributed by atoms with Gasteiger partial charge in [0.25, 0.3) is 5.91 Å². The monoisotopic (exact) mass is 431 g/mol. The van der Waals surface area contributed by atoms with Gasteiger partial charge in [0.1, 0.15) is 12.3 Å². The van der Waals surface area contributed by atoms with Crippen LogP contribution >= 0.6 is 15.9 Å². The summed E-state index contributed by atoms with van der Waals surface area (Å²) in [6.07, 6.45) is -0.675. The van der Waals surface area contributed by atoms with E-state index in [-0.39, 0.29) is 24.9 Å². The minimum Gasteiger partial charge on any atom is -0.479 e. The number of halogens is 1. The van der Waals surface area contributed by atoms with Crippen molar-refractivity contribution in [2.45, 2.75) is 13.0 Å². The fourth-order valence-electron chi connectivity index (χ4n) is 2.66. The molecular formula is C19H18BrN3O4. The summed E-state index contributed by atoms with van der Waals surface area (Å²) < 4.78 is 6.28. The Kier molecular flexibility index (Phi) is 5.75. The average Bonchev–Trinajstić information content (AvgIpc) is 2.65. The van der Waals surface area contributed by atoms with Crippen LogP contribution in [0.2, 0.25) is 0 Å². The molecule has 1 aliphatic heterocycles. The average molecular weight is 432 g/mol. The van der Waals surface area contributed by atoms with Crippen LogP contribution in [0, 0.1) is 0 Å². The van der Waals surface area contributed by atoms with Crippen molar-refractivity contribution in [3.63, 3.8) is 0 Å². The van der Waals surface area contributed by atoms with Gasteiger partial charge in [-0.05, 0) is 47.1 Å². The second kappa shape index (κ2) is 8.22. The molecule has 3 rings (SSSR count). The summed E-state index contributed by atoms with van der Waals surface area (Å²) in [5.74, 6) is -0.558. The van der Waals surface area contributed by atoms with Gasteiger partial charge in [-0.25, -0.2) is 0 Å². The number of nitrogens with one attached hydrogen (secondary N) is 2. The molecule has 27 heavy (non-hydrogen) atoms. The molecule has 0 bridgehead atoms. The summed E-state index contributed by atoms with van der Waals surface area (Å²) in [7, 11) is 0. The van der Waals surface area contributed by atoms with Crippen molar-refractivity contribution >= 4 is 45.0 Å². The topological polar surface area (TPSA) is 87.7 Å². The van der Waals surface area contributed by atoms with Gasteiger partial charge in [-0.15, -0.1) is 0 Å². The number of carbonyl (C=O) groups is 3. The van der Waals surface area contributed by atoms with Gasteiger partial charge in [0.2, 0.25) is 11.8 Å². The van der Waals surface area contributed by atoms with Gasteiger partial charge in [-0.1, -0.05) is 24.3 Å². The number of amides is 3. The molecule has 2 aromatic rings. The first-order valence-electron chi connectivity index (χ1n) is 8.34. The molecule has 0 spiro atoms. The fourth-order valence-corrected chi connectivity index (χ4v) is 3.04. The van der Waals surface area contributed by atoms with Crippen LogP contribution in [0.4, 0.5) is 11.4 Å². The summed E-state index contributed by atoms with van der Waals surface area (Å²) >= 11 is 3.34. The van der Waals surface area contributed by atoms with Crippen molar-refractivity contribution in [3.8, 4) is 5.75 Å². The van der Waals surface area contributed by atoms with Crippen molar-refractivity contribution in [2.75, 3.05) is 23.3 Å². The molecule has 0 radical (unpaired) electrons. The zero-order chi connectivity index (χ0) is 19.4. The third-order valence-corrected chi connectivity index (χ3v) is 4.66. The van der Waals surface area contributed by atoms with E-state index in [9.17, 15) is 14.4 Å². The minimum absolute atomic E-state index is 0.189. The van der Waals surface area contributed by atoms with Gasteiger partial charge in [0, 0.05) is 4.47 Å². The van der Waals surface area contributed by atoms with Crippen molar-refractivity contribution in [3.05, 3.63) is 53.0 Å². The summed E-state index contributed by atoms with van der Waals surface area (Å²) in [5.41, 5.74) is 1.15. The summed E-state index contributed by atoms with van der Waals surface area (Å²) in [4.78, 5) is 38.0. The Balaban J connectivity index is 1.58. The zero-order valence-corrected chi connectivity index (χ0v) is 16.2. The number of ether oxygens (including phenoxy) is 1. The van der Waals surface area contributed by atoms with Gasteiger partial charge < -0.3 is 15.4 Å². The van der Waals surface area contributed by atoms with E-state index in [0.717, 1.165) is 4.47 Å². The zero-order valence-electron chi connectivity index (χ0n) is 14.6. The molecule has 140 valence electrons. The number of hydrogen-bond donors (Lipinski definition) is 2. The molecule has 8 heteroatoms. The van der Waals surface area contributed by atoms with E-state index in [1.807, 2.05) is 6.07 Å². The van der Waals surface area contributed by atoms with Gasteiger partial charge in [0.05, 0.1) is 17.9 Å². The summed E-state index contributed by atoms with van der Waals surface area (Å²) in [6, 6.07) is 14.2. The maximum atomic E-state index is 12.4. The van der Waals surface area contributed by atoms with Crippen LogP contribution in [0.25, 0.3) is 0 Å². The van der Waals surface area contributed by atoms with Crippen molar-refractivity contribution < 1.29 is 19.1 Å². The van der Waals surface area contributed by atoms with Gasteiger partial charge >= 0.3 is 0 Å². The first kappa shape index (κ1) is 18.9. The number of carbonyl (C=O) groups excluding carboxylic acids is 3. The molecule has 3 amide bonds. The lowest BCUT2D eigenvalue weighted by Gasteiger charge is -2.32. The van der Waals surface area contributed by atoms with Crippen LogP contribution in [-0.4, -0.2) is 36.9 Å². The Morgan fingerprint density at radius 1 is 1.11 bits per heavy atom. The van der Waals surface area contributed by atoms with Gasteiger partial charge in [0.15, 0.2) is 6.10 Å². The molecule has 2 N–H and O–H groups in total.